The molecular weight excluding hydrogens is 306 g/mol. The van der Waals surface area contributed by atoms with Gasteiger partial charge < -0.3 is 24.6 Å². The highest BCUT2D eigenvalue weighted by atomic mass is 16.6. The van der Waals surface area contributed by atoms with Crippen LogP contribution in [0.15, 0.2) is 6.07 Å². The molecule has 0 spiro atoms. The molecule has 2 aliphatic heterocycles. The van der Waals surface area contributed by atoms with Crippen LogP contribution in [-0.4, -0.2) is 75.7 Å². The van der Waals surface area contributed by atoms with Gasteiger partial charge in [0, 0.05) is 51.5 Å². The highest BCUT2D eigenvalue weighted by Crippen LogP contribution is 2.21. The maximum absolute atomic E-state index is 5.69. The molecule has 7 heteroatoms. The molecule has 0 bridgehead atoms. The molecule has 7 nitrogen and oxygen atoms in total. The molecule has 134 valence electrons. The van der Waals surface area contributed by atoms with E-state index < -0.39 is 0 Å². The molecule has 2 fully saturated rings. The minimum atomic E-state index is 0.198. The van der Waals surface area contributed by atoms with Gasteiger partial charge in [-0.05, 0) is 19.8 Å². The molecule has 0 radical (unpaired) electrons. The first kappa shape index (κ1) is 17.4. The van der Waals surface area contributed by atoms with Gasteiger partial charge in [-0.1, -0.05) is 0 Å². The molecule has 0 amide bonds. The van der Waals surface area contributed by atoms with Gasteiger partial charge in [0.2, 0.25) is 5.95 Å². The van der Waals surface area contributed by atoms with Gasteiger partial charge in [0.1, 0.15) is 5.82 Å². The Kier molecular flexibility index (Phi) is 5.86. The summed E-state index contributed by atoms with van der Waals surface area (Å²) in [6, 6.07) is 2.62. The lowest BCUT2D eigenvalue weighted by Crippen LogP contribution is -2.47. The van der Waals surface area contributed by atoms with E-state index >= 15 is 0 Å². The minimum Gasteiger partial charge on any atom is -0.376 e. The number of rotatable bonds is 5. The predicted molar refractivity (Wildman–Crippen MR) is 94.9 cm³/mol. The van der Waals surface area contributed by atoms with Crippen LogP contribution >= 0.6 is 0 Å². The summed E-state index contributed by atoms with van der Waals surface area (Å²) in [4.78, 5) is 13.5. The summed E-state index contributed by atoms with van der Waals surface area (Å²) in [5.41, 5.74) is 1.01. The molecular formula is C17H29N5O2. The van der Waals surface area contributed by atoms with E-state index in [-0.39, 0.29) is 6.10 Å². The van der Waals surface area contributed by atoms with Crippen molar-refractivity contribution in [2.75, 3.05) is 63.4 Å². The Morgan fingerprint density at radius 2 is 2.04 bits per heavy atom. The number of anilines is 2. The highest BCUT2D eigenvalue weighted by Gasteiger charge is 2.22. The number of aromatic nitrogens is 2. The van der Waals surface area contributed by atoms with Crippen LogP contribution in [-0.2, 0) is 9.47 Å². The van der Waals surface area contributed by atoms with E-state index in [0.29, 0.717) is 19.3 Å². The molecule has 0 aromatic carbocycles. The first-order chi connectivity index (χ1) is 11.6. The average molecular weight is 335 g/mol. The standard InChI is InChI=1S/C17H29N5O2/c1-13-10-16(20-17(19-13)21(2)3)22-6-4-14(5-7-22)18-11-15-12-23-8-9-24-15/h10,14-15,18H,4-9,11-12H2,1-3H3. The number of hydrogen-bond acceptors (Lipinski definition) is 7. The van der Waals surface area contributed by atoms with Gasteiger partial charge in [-0.3, -0.25) is 0 Å². The van der Waals surface area contributed by atoms with Crippen molar-refractivity contribution in [2.24, 2.45) is 0 Å². The lowest BCUT2D eigenvalue weighted by atomic mass is 10.0. The van der Waals surface area contributed by atoms with E-state index in [2.05, 4.69) is 26.3 Å². The fourth-order valence-corrected chi connectivity index (χ4v) is 3.16. The van der Waals surface area contributed by atoms with E-state index in [9.17, 15) is 0 Å². The van der Waals surface area contributed by atoms with Crippen LogP contribution in [0.25, 0.3) is 0 Å². The van der Waals surface area contributed by atoms with E-state index in [1.165, 1.54) is 0 Å². The van der Waals surface area contributed by atoms with E-state index in [0.717, 1.165) is 56.5 Å². The number of nitrogens with zero attached hydrogens (tertiary/aromatic N) is 4. The summed E-state index contributed by atoms with van der Waals surface area (Å²) >= 11 is 0. The zero-order chi connectivity index (χ0) is 16.9. The quantitative estimate of drug-likeness (QED) is 0.855. The molecule has 2 saturated heterocycles. The molecule has 1 aromatic heterocycles. The molecule has 3 heterocycles. The van der Waals surface area contributed by atoms with Crippen molar-refractivity contribution in [1.82, 2.24) is 15.3 Å². The van der Waals surface area contributed by atoms with Crippen molar-refractivity contribution in [3.8, 4) is 0 Å². The molecule has 24 heavy (non-hydrogen) atoms. The summed E-state index contributed by atoms with van der Waals surface area (Å²) in [5.74, 6) is 1.81. The van der Waals surface area contributed by atoms with Crippen molar-refractivity contribution >= 4 is 11.8 Å². The Hall–Kier alpha value is -1.44. The lowest BCUT2D eigenvalue weighted by molar-refractivity contribution is -0.0872. The predicted octanol–water partition coefficient (Wildman–Crippen LogP) is 0.825. The van der Waals surface area contributed by atoms with Crippen LogP contribution in [0, 0.1) is 6.92 Å². The van der Waals surface area contributed by atoms with Crippen molar-refractivity contribution in [3.63, 3.8) is 0 Å². The van der Waals surface area contributed by atoms with Gasteiger partial charge in [0.05, 0.1) is 25.9 Å². The van der Waals surface area contributed by atoms with E-state index in [1.807, 2.05) is 25.9 Å². The summed E-state index contributed by atoms with van der Waals surface area (Å²) in [7, 11) is 3.96. The van der Waals surface area contributed by atoms with Crippen molar-refractivity contribution in [1.29, 1.82) is 0 Å². The SMILES string of the molecule is Cc1cc(N2CCC(NCC3COCCO3)CC2)nc(N(C)C)n1. The lowest BCUT2D eigenvalue weighted by Gasteiger charge is -2.34. The normalized spacial score (nSPS) is 22.6. The van der Waals surface area contributed by atoms with Crippen molar-refractivity contribution in [2.45, 2.75) is 31.9 Å². The summed E-state index contributed by atoms with van der Waals surface area (Å²) in [6.07, 6.45) is 2.44. The van der Waals surface area contributed by atoms with Gasteiger partial charge in [0.15, 0.2) is 0 Å². The number of aryl methyl sites for hydroxylation is 1. The smallest absolute Gasteiger partial charge is 0.226 e. The third-order valence-electron chi connectivity index (χ3n) is 4.57. The third-order valence-corrected chi connectivity index (χ3v) is 4.57. The maximum Gasteiger partial charge on any atom is 0.226 e. The average Bonchev–Trinajstić information content (AvgIpc) is 2.61. The number of ether oxygens (including phenoxy) is 2. The van der Waals surface area contributed by atoms with Crippen LogP contribution < -0.4 is 15.1 Å². The maximum atomic E-state index is 5.69. The second-order valence-electron chi connectivity index (χ2n) is 6.80. The van der Waals surface area contributed by atoms with Crippen LogP contribution in [0.4, 0.5) is 11.8 Å². The fourth-order valence-electron chi connectivity index (χ4n) is 3.16. The first-order valence-corrected chi connectivity index (χ1v) is 8.82. The number of nitrogens with one attached hydrogen (secondary N) is 1. The number of hydrogen-bond donors (Lipinski definition) is 1. The van der Waals surface area contributed by atoms with Crippen molar-refractivity contribution < 1.29 is 9.47 Å². The van der Waals surface area contributed by atoms with Crippen LogP contribution in [0.2, 0.25) is 0 Å². The summed E-state index contributed by atoms with van der Waals surface area (Å²) in [6.45, 7) is 7.08. The molecule has 2 aliphatic rings. The van der Waals surface area contributed by atoms with Crippen LogP contribution in [0.3, 0.4) is 0 Å². The van der Waals surface area contributed by atoms with Gasteiger partial charge in [-0.25, -0.2) is 4.98 Å². The second kappa shape index (κ2) is 8.09. The topological polar surface area (TPSA) is 62.8 Å². The molecule has 1 atom stereocenters. The Bertz CT molecular complexity index is 526. The third kappa shape index (κ3) is 4.55. The molecule has 1 aromatic rings. The molecule has 3 rings (SSSR count). The summed E-state index contributed by atoms with van der Waals surface area (Å²) < 4.78 is 11.1. The molecule has 0 aliphatic carbocycles. The molecule has 1 unspecified atom stereocenters. The van der Waals surface area contributed by atoms with Crippen molar-refractivity contribution in [3.05, 3.63) is 11.8 Å². The van der Waals surface area contributed by atoms with Gasteiger partial charge in [0.25, 0.3) is 0 Å². The Balaban J connectivity index is 1.49. The number of piperidine rings is 1. The molecule has 0 saturated carbocycles. The van der Waals surface area contributed by atoms with Gasteiger partial charge in [-0.15, -0.1) is 0 Å². The Morgan fingerprint density at radius 1 is 1.25 bits per heavy atom. The van der Waals surface area contributed by atoms with Crippen LogP contribution in [0.1, 0.15) is 18.5 Å². The fraction of sp³-hybridized carbons (Fsp3) is 0.765. The van der Waals surface area contributed by atoms with E-state index in [1.54, 1.807) is 0 Å². The highest BCUT2D eigenvalue weighted by molar-refractivity contribution is 5.45. The van der Waals surface area contributed by atoms with Gasteiger partial charge in [-0.2, -0.15) is 4.98 Å². The molecule has 1 N–H and O–H groups in total. The largest absolute Gasteiger partial charge is 0.376 e. The Morgan fingerprint density at radius 3 is 2.71 bits per heavy atom. The zero-order valence-electron chi connectivity index (χ0n) is 15.0. The summed E-state index contributed by atoms with van der Waals surface area (Å²) in [5, 5.41) is 3.63. The first-order valence-electron chi connectivity index (χ1n) is 8.82. The zero-order valence-corrected chi connectivity index (χ0v) is 15.0. The van der Waals surface area contributed by atoms with E-state index in [4.69, 9.17) is 9.47 Å². The second-order valence-corrected chi connectivity index (χ2v) is 6.80. The van der Waals surface area contributed by atoms with Gasteiger partial charge >= 0.3 is 0 Å². The Labute approximate surface area is 144 Å². The monoisotopic (exact) mass is 335 g/mol. The van der Waals surface area contributed by atoms with Crippen LogP contribution in [0.5, 0.6) is 0 Å². The minimum absolute atomic E-state index is 0.198.